The molecule has 0 heterocycles. The summed E-state index contributed by atoms with van der Waals surface area (Å²) < 4.78 is 48.5. The summed E-state index contributed by atoms with van der Waals surface area (Å²) in [6.45, 7) is 1.82. The number of alkyl halides is 3. The highest BCUT2D eigenvalue weighted by atomic mass is 32.2. The van der Waals surface area contributed by atoms with Crippen LogP contribution < -0.4 is 5.32 Å². The van der Waals surface area contributed by atoms with Gasteiger partial charge in [0.2, 0.25) is 0 Å². The average Bonchev–Trinajstić information content (AvgIpc) is 2.13. The maximum Gasteiger partial charge on any atom is 0.441 e. The highest BCUT2D eigenvalue weighted by Gasteiger charge is 2.27. The zero-order chi connectivity index (χ0) is 12.2. The number of rotatable bonds is 4. The lowest BCUT2D eigenvalue weighted by atomic mass is 10.2. The Morgan fingerprint density at radius 3 is 2.56 bits per heavy atom. The zero-order valence-electron chi connectivity index (χ0n) is 8.57. The van der Waals surface area contributed by atoms with Crippen molar-refractivity contribution in [1.29, 1.82) is 0 Å². The van der Waals surface area contributed by atoms with Crippen molar-refractivity contribution >= 4 is 17.4 Å². The number of hydrogen-bond donors (Lipinski definition) is 1. The molecule has 0 radical (unpaired) electrons. The average molecular weight is 253 g/mol. The van der Waals surface area contributed by atoms with E-state index in [4.69, 9.17) is 0 Å². The molecule has 1 nitrogen and oxygen atoms in total. The van der Waals surface area contributed by atoms with Gasteiger partial charge in [0.05, 0.1) is 5.69 Å². The molecule has 90 valence electrons. The molecule has 0 aliphatic heterocycles. The fourth-order valence-electron chi connectivity index (χ4n) is 1.12. The molecule has 1 aromatic carbocycles. The van der Waals surface area contributed by atoms with Gasteiger partial charge in [0.1, 0.15) is 5.82 Å². The molecule has 1 rings (SSSR count). The molecule has 0 aliphatic carbocycles. The van der Waals surface area contributed by atoms with Gasteiger partial charge in [-0.15, -0.1) is 0 Å². The summed E-state index contributed by atoms with van der Waals surface area (Å²) in [7, 11) is 0. The molecule has 1 aromatic rings. The Morgan fingerprint density at radius 2 is 2.00 bits per heavy atom. The second kappa shape index (κ2) is 5.43. The minimum atomic E-state index is -4.23. The van der Waals surface area contributed by atoms with E-state index in [1.165, 1.54) is 12.1 Å². The van der Waals surface area contributed by atoms with Crippen LogP contribution in [-0.2, 0) is 0 Å². The molecular weight excluding hydrogens is 242 g/mol. The van der Waals surface area contributed by atoms with Gasteiger partial charge in [-0.25, -0.2) is 4.39 Å². The van der Waals surface area contributed by atoms with Crippen LogP contribution in [-0.4, -0.2) is 17.8 Å². The van der Waals surface area contributed by atoms with Gasteiger partial charge in [0.15, 0.2) is 0 Å². The third kappa shape index (κ3) is 4.74. The quantitative estimate of drug-likeness (QED) is 0.647. The van der Waals surface area contributed by atoms with Crippen molar-refractivity contribution in [2.75, 3.05) is 17.6 Å². The Labute approximate surface area is 95.2 Å². The molecule has 0 unspecified atom stereocenters. The summed E-state index contributed by atoms with van der Waals surface area (Å²) in [5, 5.41) is 2.62. The predicted octanol–water partition coefficient (Wildman–Crippen LogP) is 3.80. The largest absolute Gasteiger partial charge is 0.441 e. The number of hydrogen-bond acceptors (Lipinski definition) is 2. The van der Waals surface area contributed by atoms with Crippen LogP contribution >= 0.6 is 11.8 Å². The van der Waals surface area contributed by atoms with Gasteiger partial charge >= 0.3 is 5.51 Å². The van der Waals surface area contributed by atoms with E-state index in [0.717, 1.165) is 5.56 Å². The first kappa shape index (κ1) is 13.2. The first-order valence-corrected chi connectivity index (χ1v) is 5.58. The van der Waals surface area contributed by atoms with Gasteiger partial charge in [-0.2, -0.15) is 13.2 Å². The molecule has 16 heavy (non-hydrogen) atoms. The Hall–Kier alpha value is -0.910. The number of benzene rings is 1. The standard InChI is InChI=1S/C10H11F4NS/c1-7-2-3-9(8(11)6-7)15-4-5-16-10(12,13)14/h2-3,6,15H,4-5H2,1H3. The fraction of sp³-hybridized carbons (Fsp3) is 0.400. The van der Waals surface area contributed by atoms with E-state index in [1.54, 1.807) is 13.0 Å². The number of nitrogens with one attached hydrogen (secondary N) is 1. The summed E-state index contributed by atoms with van der Waals surface area (Å²) in [6.07, 6.45) is 0. The van der Waals surface area contributed by atoms with Crippen LogP contribution in [0.15, 0.2) is 18.2 Å². The second-order valence-electron chi connectivity index (χ2n) is 3.20. The van der Waals surface area contributed by atoms with Crippen molar-refractivity contribution in [2.45, 2.75) is 12.4 Å². The van der Waals surface area contributed by atoms with Gasteiger partial charge in [0.25, 0.3) is 0 Å². The molecule has 0 fully saturated rings. The summed E-state index contributed by atoms with van der Waals surface area (Å²) >= 11 is -0.123. The Kier molecular flexibility index (Phi) is 4.46. The highest BCUT2D eigenvalue weighted by molar-refractivity contribution is 8.00. The normalized spacial score (nSPS) is 11.6. The Balaban J connectivity index is 2.38. The van der Waals surface area contributed by atoms with Crippen molar-refractivity contribution in [1.82, 2.24) is 0 Å². The van der Waals surface area contributed by atoms with Crippen LogP contribution in [0, 0.1) is 12.7 Å². The van der Waals surface area contributed by atoms with E-state index in [9.17, 15) is 17.6 Å². The van der Waals surface area contributed by atoms with Crippen LogP contribution in [0.3, 0.4) is 0 Å². The third-order valence-electron chi connectivity index (χ3n) is 1.81. The van der Waals surface area contributed by atoms with Crippen molar-refractivity contribution in [3.05, 3.63) is 29.6 Å². The molecule has 0 atom stereocenters. The minimum absolute atomic E-state index is 0.0736. The van der Waals surface area contributed by atoms with Crippen LogP contribution in [0.5, 0.6) is 0 Å². The molecule has 0 bridgehead atoms. The molecule has 0 aliphatic rings. The lowest BCUT2D eigenvalue weighted by Crippen LogP contribution is -2.10. The minimum Gasteiger partial charge on any atom is -0.382 e. The van der Waals surface area contributed by atoms with Gasteiger partial charge < -0.3 is 5.32 Å². The smallest absolute Gasteiger partial charge is 0.382 e. The van der Waals surface area contributed by atoms with E-state index in [1.807, 2.05) is 0 Å². The second-order valence-corrected chi connectivity index (χ2v) is 4.36. The maximum atomic E-state index is 13.2. The molecule has 0 aromatic heterocycles. The molecule has 0 amide bonds. The highest BCUT2D eigenvalue weighted by Crippen LogP contribution is 2.29. The van der Waals surface area contributed by atoms with Gasteiger partial charge in [0, 0.05) is 12.3 Å². The van der Waals surface area contributed by atoms with E-state index in [0.29, 0.717) is 0 Å². The number of halogens is 4. The first-order valence-electron chi connectivity index (χ1n) is 4.59. The van der Waals surface area contributed by atoms with Crippen LogP contribution in [0.25, 0.3) is 0 Å². The monoisotopic (exact) mass is 253 g/mol. The summed E-state index contributed by atoms with van der Waals surface area (Å²) in [4.78, 5) is 0. The SMILES string of the molecule is Cc1ccc(NCCSC(F)(F)F)c(F)c1. The van der Waals surface area contributed by atoms with Gasteiger partial charge in [-0.3, -0.25) is 0 Å². The van der Waals surface area contributed by atoms with E-state index >= 15 is 0 Å². The van der Waals surface area contributed by atoms with Crippen LogP contribution in [0.2, 0.25) is 0 Å². The van der Waals surface area contributed by atoms with E-state index < -0.39 is 11.3 Å². The van der Waals surface area contributed by atoms with Crippen LogP contribution in [0.1, 0.15) is 5.56 Å². The Bertz CT molecular complexity index is 351. The zero-order valence-corrected chi connectivity index (χ0v) is 9.38. The Morgan fingerprint density at radius 1 is 1.31 bits per heavy atom. The lowest BCUT2D eigenvalue weighted by molar-refractivity contribution is -0.0327. The first-order chi connectivity index (χ1) is 7.38. The lowest BCUT2D eigenvalue weighted by Gasteiger charge is -2.09. The number of anilines is 1. The topological polar surface area (TPSA) is 12.0 Å². The number of thioether (sulfide) groups is 1. The predicted molar refractivity (Wildman–Crippen MR) is 58.1 cm³/mol. The summed E-state index contributed by atoms with van der Waals surface area (Å²) in [5.74, 6) is -0.589. The fourth-order valence-corrected chi connectivity index (χ4v) is 1.55. The summed E-state index contributed by atoms with van der Waals surface area (Å²) in [5.41, 5.74) is -3.23. The van der Waals surface area contributed by atoms with E-state index in [2.05, 4.69) is 5.32 Å². The van der Waals surface area contributed by atoms with Crippen LogP contribution in [0.4, 0.5) is 23.2 Å². The molecule has 0 saturated carbocycles. The van der Waals surface area contributed by atoms with Gasteiger partial charge in [-0.05, 0) is 36.4 Å². The van der Waals surface area contributed by atoms with E-state index in [-0.39, 0.29) is 29.7 Å². The molecule has 0 spiro atoms. The van der Waals surface area contributed by atoms with Crippen molar-refractivity contribution < 1.29 is 17.6 Å². The molecule has 1 N–H and O–H groups in total. The molecule has 6 heteroatoms. The van der Waals surface area contributed by atoms with Crippen molar-refractivity contribution in [3.63, 3.8) is 0 Å². The molecular formula is C10H11F4NS. The molecule has 0 saturated heterocycles. The van der Waals surface area contributed by atoms with Crippen molar-refractivity contribution in [2.24, 2.45) is 0 Å². The maximum absolute atomic E-state index is 13.2. The number of aryl methyl sites for hydroxylation is 1. The third-order valence-corrected chi connectivity index (χ3v) is 2.54. The summed E-state index contributed by atoms with van der Waals surface area (Å²) in [6, 6.07) is 4.55. The van der Waals surface area contributed by atoms with Gasteiger partial charge in [-0.1, -0.05) is 6.07 Å². The van der Waals surface area contributed by atoms with Crippen molar-refractivity contribution in [3.8, 4) is 0 Å².